The van der Waals surface area contributed by atoms with Crippen molar-refractivity contribution in [3.63, 3.8) is 0 Å². The largest absolute Gasteiger partial charge is 0.464 e. The van der Waals surface area contributed by atoms with Gasteiger partial charge in [0, 0.05) is 27.6 Å². The van der Waals surface area contributed by atoms with E-state index in [1.54, 1.807) is 0 Å². The van der Waals surface area contributed by atoms with Gasteiger partial charge in [0.15, 0.2) is 0 Å². The second-order valence-corrected chi connectivity index (χ2v) is 5.74. The fourth-order valence-corrected chi connectivity index (χ4v) is 2.77. The molecule has 2 nitrogen and oxygen atoms in total. The van der Waals surface area contributed by atoms with E-state index in [9.17, 15) is 0 Å². The molecule has 3 aromatic rings. The minimum absolute atomic E-state index is 0.822. The van der Waals surface area contributed by atoms with Crippen LogP contribution < -0.4 is 5.32 Å². The summed E-state index contributed by atoms with van der Waals surface area (Å²) in [6.45, 7) is 1.69. The Morgan fingerprint density at radius 3 is 2.79 bits per heavy atom. The zero-order chi connectivity index (χ0) is 13.1. The number of hydrogen-bond acceptors (Lipinski definition) is 2. The minimum Gasteiger partial charge on any atom is -0.464 e. The third-order valence-electron chi connectivity index (χ3n) is 3.09. The van der Waals surface area contributed by atoms with E-state index in [-0.39, 0.29) is 0 Å². The molecule has 2 aromatic carbocycles. The molecular formula is C16H14INO. The molecule has 0 aliphatic rings. The van der Waals surface area contributed by atoms with Crippen LogP contribution in [-0.4, -0.2) is 0 Å². The van der Waals surface area contributed by atoms with Crippen LogP contribution in [0.2, 0.25) is 0 Å². The number of benzene rings is 2. The first-order valence-electron chi connectivity index (χ1n) is 6.23. The van der Waals surface area contributed by atoms with Gasteiger partial charge in [0.05, 0.1) is 6.26 Å². The molecule has 0 amide bonds. The lowest BCUT2D eigenvalue weighted by atomic mass is 10.1. The summed E-state index contributed by atoms with van der Waals surface area (Å²) in [5, 5.41) is 4.65. The van der Waals surface area contributed by atoms with Gasteiger partial charge < -0.3 is 9.73 Å². The molecule has 0 aliphatic heterocycles. The van der Waals surface area contributed by atoms with Gasteiger partial charge in [0.2, 0.25) is 0 Å². The SMILES string of the molecule is Ic1cccc(CNCc2coc3ccccc23)c1. The van der Waals surface area contributed by atoms with Gasteiger partial charge in [0.1, 0.15) is 5.58 Å². The van der Waals surface area contributed by atoms with Crippen molar-refractivity contribution in [1.29, 1.82) is 0 Å². The molecule has 0 saturated heterocycles. The third-order valence-corrected chi connectivity index (χ3v) is 3.77. The van der Waals surface area contributed by atoms with Gasteiger partial charge in [0.25, 0.3) is 0 Å². The molecule has 0 atom stereocenters. The fraction of sp³-hybridized carbons (Fsp3) is 0.125. The number of hydrogen-bond donors (Lipinski definition) is 1. The number of rotatable bonds is 4. The Labute approximate surface area is 126 Å². The van der Waals surface area contributed by atoms with E-state index in [0.717, 1.165) is 18.7 Å². The van der Waals surface area contributed by atoms with Gasteiger partial charge in [-0.2, -0.15) is 0 Å². The van der Waals surface area contributed by atoms with Gasteiger partial charge in [-0.3, -0.25) is 0 Å². The molecule has 3 heteroatoms. The second-order valence-electron chi connectivity index (χ2n) is 4.49. The van der Waals surface area contributed by atoms with Gasteiger partial charge in [-0.15, -0.1) is 0 Å². The molecule has 0 aliphatic carbocycles. The van der Waals surface area contributed by atoms with E-state index in [1.807, 2.05) is 24.5 Å². The van der Waals surface area contributed by atoms with E-state index < -0.39 is 0 Å². The van der Waals surface area contributed by atoms with Crippen LogP contribution in [0.25, 0.3) is 11.0 Å². The van der Waals surface area contributed by atoms with Crippen molar-refractivity contribution in [2.75, 3.05) is 0 Å². The summed E-state index contributed by atoms with van der Waals surface area (Å²) in [5.74, 6) is 0. The molecular weight excluding hydrogens is 349 g/mol. The summed E-state index contributed by atoms with van der Waals surface area (Å²) in [4.78, 5) is 0. The van der Waals surface area contributed by atoms with Crippen LogP contribution in [0.3, 0.4) is 0 Å². The maximum absolute atomic E-state index is 5.53. The molecule has 0 fully saturated rings. The van der Waals surface area contributed by atoms with Crippen LogP contribution in [0.15, 0.2) is 59.2 Å². The van der Waals surface area contributed by atoms with E-state index in [4.69, 9.17) is 4.42 Å². The normalized spacial score (nSPS) is 11.0. The van der Waals surface area contributed by atoms with Crippen molar-refractivity contribution in [1.82, 2.24) is 5.32 Å². The Bertz CT molecular complexity index is 690. The molecule has 3 rings (SSSR count). The van der Waals surface area contributed by atoms with Crippen molar-refractivity contribution >= 4 is 33.6 Å². The molecule has 0 unspecified atom stereocenters. The number of fused-ring (bicyclic) bond motifs is 1. The average Bonchev–Trinajstić information content (AvgIpc) is 2.83. The summed E-state index contributed by atoms with van der Waals surface area (Å²) < 4.78 is 6.80. The summed E-state index contributed by atoms with van der Waals surface area (Å²) in [6, 6.07) is 16.7. The van der Waals surface area contributed by atoms with Gasteiger partial charge in [-0.1, -0.05) is 30.3 Å². The number of para-hydroxylation sites is 1. The second kappa shape index (κ2) is 5.75. The van der Waals surface area contributed by atoms with Crippen LogP contribution in [-0.2, 0) is 13.1 Å². The first-order chi connectivity index (χ1) is 9.33. The van der Waals surface area contributed by atoms with E-state index in [0.29, 0.717) is 0 Å². The van der Waals surface area contributed by atoms with Gasteiger partial charge in [-0.25, -0.2) is 0 Å². The Balaban J connectivity index is 1.66. The summed E-state index contributed by atoms with van der Waals surface area (Å²) in [5.41, 5.74) is 3.47. The quantitative estimate of drug-likeness (QED) is 0.699. The highest BCUT2D eigenvalue weighted by Crippen LogP contribution is 2.20. The molecule has 1 aromatic heterocycles. The van der Waals surface area contributed by atoms with E-state index in [1.165, 1.54) is 20.1 Å². The zero-order valence-electron chi connectivity index (χ0n) is 10.4. The lowest BCUT2D eigenvalue weighted by molar-refractivity contribution is 0.602. The zero-order valence-corrected chi connectivity index (χ0v) is 12.6. The molecule has 96 valence electrons. The van der Waals surface area contributed by atoms with Gasteiger partial charge >= 0.3 is 0 Å². The van der Waals surface area contributed by atoms with Crippen molar-refractivity contribution < 1.29 is 4.42 Å². The molecule has 19 heavy (non-hydrogen) atoms. The van der Waals surface area contributed by atoms with Crippen molar-refractivity contribution in [2.24, 2.45) is 0 Å². The standard InChI is InChI=1S/C16H14INO/c17-14-5-3-4-12(8-14)9-18-10-13-11-19-16-7-2-1-6-15(13)16/h1-8,11,18H,9-10H2. The Morgan fingerprint density at radius 2 is 1.89 bits per heavy atom. The third kappa shape index (κ3) is 2.98. The molecule has 1 heterocycles. The van der Waals surface area contributed by atoms with Crippen LogP contribution in [0.4, 0.5) is 0 Å². The highest BCUT2D eigenvalue weighted by atomic mass is 127. The maximum Gasteiger partial charge on any atom is 0.134 e. The predicted molar refractivity (Wildman–Crippen MR) is 85.9 cm³/mol. The van der Waals surface area contributed by atoms with Crippen molar-refractivity contribution in [2.45, 2.75) is 13.1 Å². The molecule has 0 radical (unpaired) electrons. The lowest BCUT2D eigenvalue weighted by Gasteiger charge is -2.04. The molecule has 1 N–H and O–H groups in total. The van der Waals surface area contributed by atoms with Crippen LogP contribution in [0.5, 0.6) is 0 Å². The first kappa shape index (κ1) is 12.7. The van der Waals surface area contributed by atoms with Gasteiger partial charge in [-0.05, 0) is 46.4 Å². The number of furan rings is 1. The number of nitrogens with one attached hydrogen (secondary N) is 1. The number of halogens is 1. The maximum atomic E-state index is 5.53. The topological polar surface area (TPSA) is 25.2 Å². The summed E-state index contributed by atoms with van der Waals surface area (Å²) in [6.07, 6.45) is 1.84. The summed E-state index contributed by atoms with van der Waals surface area (Å²) >= 11 is 2.34. The molecule has 0 saturated carbocycles. The minimum atomic E-state index is 0.822. The first-order valence-corrected chi connectivity index (χ1v) is 7.31. The molecule has 0 spiro atoms. The Morgan fingerprint density at radius 1 is 1.00 bits per heavy atom. The fourth-order valence-electron chi connectivity index (χ4n) is 2.16. The predicted octanol–water partition coefficient (Wildman–Crippen LogP) is 4.33. The summed E-state index contributed by atoms with van der Waals surface area (Å²) in [7, 11) is 0. The molecule has 0 bridgehead atoms. The smallest absolute Gasteiger partial charge is 0.134 e. The highest BCUT2D eigenvalue weighted by Gasteiger charge is 2.04. The van der Waals surface area contributed by atoms with E-state index in [2.05, 4.69) is 58.2 Å². The highest BCUT2D eigenvalue weighted by molar-refractivity contribution is 14.1. The Hall–Kier alpha value is -1.33. The monoisotopic (exact) mass is 363 g/mol. The van der Waals surface area contributed by atoms with Crippen molar-refractivity contribution in [3.05, 3.63) is 69.5 Å². The van der Waals surface area contributed by atoms with Crippen LogP contribution in [0.1, 0.15) is 11.1 Å². The lowest BCUT2D eigenvalue weighted by Crippen LogP contribution is -2.12. The van der Waals surface area contributed by atoms with Crippen LogP contribution in [0, 0.1) is 3.57 Å². The van der Waals surface area contributed by atoms with E-state index >= 15 is 0 Å². The van der Waals surface area contributed by atoms with Crippen LogP contribution >= 0.6 is 22.6 Å². The average molecular weight is 363 g/mol. The Kier molecular flexibility index (Phi) is 3.84. The van der Waals surface area contributed by atoms with Crippen molar-refractivity contribution in [3.8, 4) is 0 Å².